The number of carbonyl (C=O) groups excluding carboxylic acids is 1. The maximum Gasteiger partial charge on any atom is 0.430 e. The molecule has 1 amide bonds. The van der Waals surface area contributed by atoms with Crippen molar-refractivity contribution in [1.29, 1.82) is 0 Å². The fourth-order valence-electron chi connectivity index (χ4n) is 1.13. The van der Waals surface area contributed by atoms with Crippen molar-refractivity contribution in [2.45, 2.75) is 20.0 Å². The number of hydrogen-bond acceptors (Lipinski definition) is 3. The fraction of sp³-hybridized carbons (Fsp3) is 0.231. The van der Waals surface area contributed by atoms with Crippen molar-refractivity contribution < 1.29 is 27.9 Å². The number of allylic oxidation sites excluding steroid dienone is 1. The summed E-state index contributed by atoms with van der Waals surface area (Å²) in [5.41, 5.74) is 3.07. The number of aromatic carboxylic acids is 1. The first-order valence-electron chi connectivity index (χ1n) is 5.89. The number of alkyl halides is 3. The maximum atomic E-state index is 12.1. The Bertz CT molecular complexity index is 540. The largest absolute Gasteiger partial charge is 0.478 e. The van der Waals surface area contributed by atoms with Gasteiger partial charge in [-0.05, 0) is 18.2 Å². The van der Waals surface area contributed by atoms with E-state index in [1.54, 1.807) is 0 Å². The number of nitrogens with two attached hydrogens (primary N) is 1. The highest BCUT2D eigenvalue weighted by molar-refractivity contribution is 6.00. The summed E-state index contributed by atoms with van der Waals surface area (Å²) in [6.07, 6.45) is -4.60. The van der Waals surface area contributed by atoms with Crippen molar-refractivity contribution in [2.24, 2.45) is 5.73 Å². The van der Waals surface area contributed by atoms with Crippen LogP contribution in [0.15, 0.2) is 36.0 Å². The van der Waals surface area contributed by atoms with Gasteiger partial charge in [0.25, 0.3) is 0 Å². The highest BCUT2D eigenvalue weighted by Crippen LogP contribution is 2.21. The molecule has 0 fully saturated rings. The Morgan fingerprint density at radius 3 is 2.33 bits per heavy atom. The summed E-state index contributed by atoms with van der Waals surface area (Å²) in [6, 6.07) is 5.06. The van der Waals surface area contributed by atoms with E-state index in [0.29, 0.717) is 0 Å². The van der Waals surface area contributed by atoms with Crippen molar-refractivity contribution in [1.82, 2.24) is 0 Å². The molecule has 0 aliphatic heterocycles. The van der Waals surface area contributed by atoms with Crippen molar-refractivity contribution in [3.05, 3.63) is 41.6 Å². The molecule has 21 heavy (non-hydrogen) atoms. The van der Waals surface area contributed by atoms with Gasteiger partial charge >= 0.3 is 12.1 Å². The van der Waals surface area contributed by atoms with Crippen LogP contribution in [0.2, 0.25) is 0 Å². The predicted molar refractivity (Wildman–Crippen MR) is 71.7 cm³/mol. The Balaban J connectivity index is 0.00000191. The zero-order valence-electron chi connectivity index (χ0n) is 11.4. The summed E-state index contributed by atoms with van der Waals surface area (Å²) in [6.45, 7) is 4.00. The van der Waals surface area contributed by atoms with E-state index in [-0.39, 0.29) is 17.3 Å². The lowest BCUT2D eigenvalue weighted by Gasteiger charge is -2.07. The molecule has 0 saturated heterocycles. The lowest BCUT2D eigenvalue weighted by molar-refractivity contribution is -0.113. The third kappa shape index (κ3) is 6.46. The second kappa shape index (κ2) is 7.93. The minimum atomic E-state index is -4.79. The van der Waals surface area contributed by atoms with Crippen LogP contribution in [0, 0.1) is 0 Å². The maximum absolute atomic E-state index is 12.1. The van der Waals surface area contributed by atoms with E-state index in [9.17, 15) is 22.8 Å². The molecule has 0 aromatic heterocycles. The smallest absolute Gasteiger partial charge is 0.430 e. The number of rotatable bonds is 3. The highest BCUT2D eigenvalue weighted by Gasteiger charge is 2.31. The molecule has 4 N–H and O–H groups in total. The minimum Gasteiger partial charge on any atom is -0.478 e. The summed E-state index contributed by atoms with van der Waals surface area (Å²) < 4.78 is 36.2. The summed E-state index contributed by atoms with van der Waals surface area (Å²) >= 11 is 0. The van der Waals surface area contributed by atoms with Gasteiger partial charge in [0, 0.05) is 11.8 Å². The van der Waals surface area contributed by atoms with Gasteiger partial charge in [-0.1, -0.05) is 19.9 Å². The first-order valence-corrected chi connectivity index (χ1v) is 5.89. The first kappa shape index (κ1) is 18.5. The number of anilines is 1. The molecule has 0 spiro atoms. The van der Waals surface area contributed by atoms with E-state index in [1.807, 2.05) is 13.8 Å². The number of nitrogens with one attached hydrogen (secondary N) is 1. The van der Waals surface area contributed by atoms with Crippen molar-refractivity contribution >= 4 is 17.6 Å². The fourth-order valence-corrected chi connectivity index (χ4v) is 1.13. The third-order valence-electron chi connectivity index (χ3n) is 1.99. The number of carboxylic acid groups (broad SMARTS) is 1. The van der Waals surface area contributed by atoms with E-state index < -0.39 is 23.7 Å². The third-order valence-corrected chi connectivity index (χ3v) is 1.99. The van der Waals surface area contributed by atoms with Gasteiger partial charge in [-0.2, -0.15) is 13.2 Å². The molecule has 0 saturated carbocycles. The number of carboxylic acids is 1. The Labute approximate surface area is 119 Å². The van der Waals surface area contributed by atoms with E-state index >= 15 is 0 Å². The van der Waals surface area contributed by atoms with Crippen molar-refractivity contribution in [3.8, 4) is 0 Å². The normalized spacial score (nSPS) is 11.2. The van der Waals surface area contributed by atoms with Gasteiger partial charge in [0.2, 0.25) is 5.91 Å². The number of carbonyl (C=O) groups is 2. The van der Waals surface area contributed by atoms with Crippen LogP contribution in [0.1, 0.15) is 24.2 Å². The van der Waals surface area contributed by atoms with Crippen molar-refractivity contribution in [2.75, 3.05) is 5.32 Å². The number of amides is 1. The second-order valence-corrected chi connectivity index (χ2v) is 3.47. The van der Waals surface area contributed by atoms with E-state index in [0.717, 1.165) is 6.07 Å². The zero-order chi connectivity index (χ0) is 16.6. The topological polar surface area (TPSA) is 92.4 Å². The van der Waals surface area contributed by atoms with E-state index in [1.165, 1.54) is 18.2 Å². The van der Waals surface area contributed by atoms with Gasteiger partial charge in [-0.15, -0.1) is 0 Å². The number of hydrogen-bond donors (Lipinski definition) is 3. The molecule has 5 nitrogen and oxygen atoms in total. The van der Waals surface area contributed by atoms with Gasteiger partial charge in [-0.25, -0.2) is 4.79 Å². The molecule has 0 aliphatic carbocycles. The summed E-state index contributed by atoms with van der Waals surface area (Å²) in [7, 11) is 0. The van der Waals surface area contributed by atoms with Crippen molar-refractivity contribution in [3.63, 3.8) is 0 Å². The Kier molecular flexibility index (Phi) is 6.98. The molecule has 0 aliphatic rings. The molecule has 0 heterocycles. The van der Waals surface area contributed by atoms with Crippen LogP contribution >= 0.6 is 0 Å². The van der Waals surface area contributed by atoms with Gasteiger partial charge < -0.3 is 16.2 Å². The second-order valence-electron chi connectivity index (χ2n) is 3.47. The van der Waals surface area contributed by atoms with Crippen LogP contribution in [0.3, 0.4) is 0 Å². The average molecular weight is 304 g/mol. The van der Waals surface area contributed by atoms with Crippen LogP contribution in [0.25, 0.3) is 0 Å². The molecule has 1 aromatic rings. The summed E-state index contributed by atoms with van der Waals surface area (Å²) in [4.78, 5) is 21.9. The van der Waals surface area contributed by atoms with Gasteiger partial charge in [0.1, 0.15) is 5.70 Å². The molecule has 8 heteroatoms. The lowest BCUT2D eigenvalue weighted by atomic mass is 10.2. The molecule has 0 radical (unpaired) electrons. The zero-order valence-corrected chi connectivity index (χ0v) is 11.4. The predicted octanol–water partition coefficient (Wildman–Crippen LogP) is 2.75. The standard InChI is InChI=1S/C11H9F3N2O3.C2H6/c12-11(13,14)8(15)5-9(17)16-7-3-1-2-6(4-7)10(18)19;1-2/h1-5H,15H2,(H,16,17)(H,18,19);1-2H3/b8-5-;. The highest BCUT2D eigenvalue weighted by atomic mass is 19.4. The molecule has 0 bridgehead atoms. The van der Waals surface area contributed by atoms with Crippen LogP contribution in [0.4, 0.5) is 18.9 Å². The molecule has 0 atom stereocenters. The Morgan fingerprint density at radius 1 is 1.29 bits per heavy atom. The van der Waals surface area contributed by atoms with E-state index in [4.69, 9.17) is 5.11 Å². The molecule has 1 aromatic carbocycles. The Morgan fingerprint density at radius 2 is 1.86 bits per heavy atom. The van der Waals surface area contributed by atoms with Crippen LogP contribution < -0.4 is 11.1 Å². The van der Waals surface area contributed by atoms with Crippen LogP contribution in [-0.4, -0.2) is 23.2 Å². The summed E-state index contributed by atoms with van der Waals surface area (Å²) in [5, 5.41) is 10.8. The molecular weight excluding hydrogens is 289 g/mol. The molecule has 1 rings (SSSR count). The van der Waals surface area contributed by atoms with Gasteiger partial charge in [0.05, 0.1) is 5.56 Å². The Hall–Kier alpha value is -2.51. The monoisotopic (exact) mass is 304 g/mol. The SMILES string of the molecule is CC.N/C(=C\C(=O)Nc1cccc(C(=O)O)c1)C(F)(F)F. The van der Waals surface area contributed by atoms with E-state index in [2.05, 4.69) is 11.1 Å². The molecular formula is C13H15F3N2O3. The quantitative estimate of drug-likeness (QED) is 0.749. The summed E-state index contributed by atoms with van der Waals surface area (Å²) in [5.74, 6) is -2.32. The van der Waals surface area contributed by atoms with Gasteiger partial charge in [0.15, 0.2) is 0 Å². The lowest BCUT2D eigenvalue weighted by Crippen LogP contribution is -2.22. The minimum absolute atomic E-state index is 0.0520. The average Bonchev–Trinajstić information content (AvgIpc) is 2.40. The number of benzene rings is 1. The molecule has 116 valence electrons. The van der Waals surface area contributed by atoms with Crippen LogP contribution in [-0.2, 0) is 4.79 Å². The van der Waals surface area contributed by atoms with Crippen LogP contribution in [0.5, 0.6) is 0 Å². The molecule has 0 unspecified atom stereocenters. The number of halogens is 3. The first-order chi connectivity index (χ1) is 9.70. The van der Waals surface area contributed by atoms with Gasteiger partial charge in [-0.3, -0.25) is 4.79 Å².